The summed E-state index contributed by atoms with van der Waals surface area (Å²) in [7, 11) is -4.44. The number of benzene rings is 2. The number of unbranched alkanes of at least 4 members (excludes halogenated alkanes) is 4. The van der Waals surface area contributed by atoms with Gasteiger partial charge in [0.1, 0.15) is 6.54 Å². The predicted molar refractivity (Wildman–Crippen MR) is 182 cm³/mol. The van der Waals surface area contributed by atoms with Gasteiger partial charge in [-0.15, -0.1) is 0 Å². The highest BCUT2D eigenvalue weighted by atomic mass is 31.2. The van der Waals surface area contributed by atoms with Crippen LogP contribution in [0.25, 0.3) is 0 Å². The van der Waals surface area contributed by atoms with E-state index in [0.29, 0.717) is 19.4 Å². The van der Waals surface area contributed by atoms with E-state index >= 15 is 0 Å². The van der Waals surface area contributed by atoms with Crippen LogP contribution in [0.4, 0.5) is 11.4 Å². The zero-order valence-electron chi connectivity index (χ0n) is 27.6. The number of aliphatic carboxylic acids is 2. The lowest BCUT2D eigenvalue weighted by Gasteiger charge is -2.27. The molecule has 0 atom stereocenters. The van der Waals surface area contributed by atoms with Crippen LogP contribution in [0.2, 0.25) is 0 Å². The van der Waals surface area contributed by atoms with E-state index in [4.69, 9.17) is 10.2 Å². The molecule has 10 heteroatoms. The van der Waals surface area contributed by atoms with Gasteiger partial charge in [0.15, 0.2) is 5.71 Å². The number of aryl methyl sites for hydroxylation is 1. The highest BCUT2D eigenvalue weighted by molar-refractivity contribution is 7.60. The Morgan fingerprint density at radius 2 is 1.50 bits per heavy atom. The number of hydrogen-bond acceptors (Lipinski definition) is 4. The molecule has 2 aliphatic heterocycles. The summed E-state index contributed by atoms with van der Waals surface area (Å²) in [5, 5.41) is 18.1. The average molecular weight is 652 g/mol. The number of anilines is 1. The second-order valence-electron chi connectivity index (χ2n) is 13.5. The number of nitrogens with zero attached hydrogens (tertiary/aromatic N) is 2. The van der Waals surface area contributed by atoms with Crippen molar-refractivity contribution >= 4 is 41.9 Å². The maximum Gasteiger partial charge on any atom is 0.356 e. The van der Waals surface area contributed by atoms with Gasteiger partial charge in [-0.05, 0) is 82.4 Å². The fourth-order valence-electron chi connectivity index (χ4n) is 6.79. The van der Waals surface area contributed by atoms with E-state index in [-0.39, 0.29) is 23.6 Å². The third-order valence-electron chi connectivity index (χ3n) is 9.31. The first-order chi connectivity index (χ1) is 21.5. The third-order valence-corrected chi connectivity index (χ3v) is 10.3. The fourth-order valence-corrected chi connectivity index (χ4v) is 7.36. The van der Waals surface area contributed by atoms with Crippen LogP contribution in [0.15, 0.2) is 60.3 Å². The monoisotopic (exact) mass is 651 g/mol. The molecule has 0 radical (unpaired) electrons. The average Bonchev–Trinajstić information content (AvgIpc) is 3.30. The van der Waals surface area contributed by atoms with E-state index in [1.54, 1.807) is 12.1 Å². The third kappa shape index (κ3) is 7.71. The number of hydrogen-bond donors (Lipinski definition) is 4. The lowest BCUT2D eigenvalue weighted by atomic mass is 9.80. The van der Waals surface area contributed by atoms with E-state index in [1.165, 1.54) is 22.9 Å². The maximum absolute atomic E-state index is 12.1. The van der Waals surface area contributed by atoms with Crippen LogP contribution in [-0.2, 0) is 25.0 Å². The van der Waals surface area contributed by atoms with Gasteiger partial charge in [0.2, 0.25) is 5.69 Å². The Kier molecular flexibility index (Phi) is 10.8. The lowest BCUT2D eigenvalue weighted by Crippen LogP contribution is -2.28. The van der Waals surface area contributed by atoms with Crippen LogP contribution >= 0.6 is 7.60 Å². The number of rotatable bonds is 15. The SMILES string of the molecule is Cc1ccc2c(c1)C(C)(C)C(/C=C/C=C1/N(CCCCCC(=O)O)c3ccc(P(=O)(O)O)cc3C1(C)C)=[N+]2CCCCCC(=O)O. The van der Waals surface area contributed by atoms with Gasteiger partial charge in [-0.1, -0.05) is 38.0 Å². The molecule has 0 saturated carbocycles. The Bertz CT molecular complexity index is 1630. The van der Waals surface area contributed by atoms with Crippen LogP contribution < -0.4 is 10.2 Å². The molecular formula is C36H48N2O7P+. The topological polar surface area (TPSA) is 138 Å². The summed E-state index contributed by atoms with van der Waals surface area (Å²) < 4.78 is 14.5. The Labute approximate surface area is 272 Å². The highest BCUT2D eigenvalue weighted by Gasteiger charge is 2.44. The van der Waals surface area contributed by atoms with Crippen LogP contribution in [0, 0.1) is 6.92 Å². The maximum atomic E-state index is 12.1. The van der Waals surface area contributed by atoms with Gasteiger partial charge in [0.25, 0.3) is 0 Å². The fraction of sp³-hybridized carbons (Fsp3) is 0.472. The normalized spacial score (nSPS) is 17.6. The molecule has 9 nitrogen and oxygen atoms in total. The highest BCUT2D eigenvalue weighted by Crippen LogP contribution is 2.49. The molecule has 2 heterocycles. The molecule has 2 aliphatic rings. The summed E-state index contributed by atoms with van der Waals surface area (Å²) in [6.45, 7) is 12.1. The van der Waals surface area contributed by atoms with Gasteiger partial charge in [-0.25, -0.2) is 0 Å². The minimum absolute atomic E-state index is 0.00663. The molecule has 0 unspecified atom stereocenters. The second kappa shape index (κ2) is 14.1. The molecule has 2 aromatic rings. The van der Waals surface area contributed by atoms with Gasteiger partial charge in [0.05, 0.1) is 10.7 Å². The Hall–Kier alpha value is -3.52. The van der Waals surface area contributed by atoms with E-state index in [1.807, 2.05) is 0 Å². The van der Waals surface area contributed by atoms with E-state index < -0.39 is 24.9 Å². The molecule has 0 fully saturated rings. The molecule has 0 amide bonds. The van der Waals surface area contributed by atoms with Crippen LogP contribution in [0.1, 0.15) is 95.8 Å². The number of fused-ring (bicyclic) bond motifs is 2. The Morgan fingerprint density at radius 1 is 0.848 bits per heavy atom. The van der Waals surface area contributed by atoms with Crippen molar-refractivity contribution in [2.45, 2.75) is 96.8 Å². The van der Waals surface area contributed by atoms with Crippen molar-refractivity contribution in [3.8, 4) is 0 Å². The van der Waals surface area contributed by atoms with Crippen molar-refractivity contribution in [2.24, 2.45) is 0 Å². The van der Waals surface area contributed by atoms with E-state index in [9.17, 15) is 23.9 Å². The molecule has 0 saturated heterocycles. The van der Waals surface area contributed by atoms with E-state index in [0.717, 1.165) is 54.9 Å². The summed E-state index contributed by atoms with van der Waals surface area (Å²) >= 11 is 0. The predicted octanol–water partition coefficient (Wildman–Crippen LogP) is 6.70. The van der Waals surface area contributed by atoms with Gasteiger partial charge >= 0.3 is 19.5 Å². The standard InChI is InChI=1S/C36H47N2O7P/c1-25-17-19-29-27(23-25)35(2,3)31(37(29)21-10-6-8-15-33(39)40)13-12-14-32-36(4,5)28-24-26(46(43,44)45)18-20-30(28)38(32)22-11-7-9-16-34(41)42/h12-14,17-20,23-24H,6-11,15-16,21-22H2,1-5H3,(H3-,39,40,41,42,43,44,45)/p+1. The number of carbonyl (C=O) groups is 2. The summed E-state index contributed by atoms with van der Waals surface area (Å²) in [5.41, 5.74) is 6.73. The molecular weight excluding hydrogens is 603 g/mol. The summed E-state index contributed by atoms with van der Waals surface area (Å²) in [6.07, 6.45) is 11.1. The molecule has 0 spiro atoms. The first-order valence-corrected chi connectivity index (χ1v) is 17.7. The lowest BCUT2D eigenvalue weighted by molar-refractivity contribution is -0.438. The minimum atomic E-state index is -4.44. The van der Waals surface area contributed by atoms with Crippen molar-refractivity contribution in [1.29, 1.82) is 0 Å². The number of carboxylic acids is 2. The second-order valence-corrected chi connectivity index (χ2v) is 15.1. The molecule has 4 N–H and O–H groups in total. The van der Waals surface area contributed by atoms with Gasteiger partial charge in [-0.2, -0.15) is 4.58 Å². The van der Waals surface area contributed by atoms with Crippen molar-refractivity contribution in [3.05, 3.63) is 77.0 Å². The van der Waals surface area contributed by atoms with Crippen LogP contribution in [-0.4, -0.2) is 55.3 Å². The minimum Gasteiger partial charge on any atom is -0.481 e. The summed E-state index contributed by atoms with van der Waals surface area (Å²) in [6, 6.07) is 11.4. The number of carboxylic acid groups (broad SMARTS) is 2. The molecule has 0 aliphatic carbocycles. The van der Waals surface area contributed by atoms with Crippen molar-refractivity contribution in [2.75, 3.05) is 18.0 Å². The molecule has 4 rings (SSSR count). The first-order valence-electron chi connectivity index (χ1n) is 16.1. The largest absolute Gasteiger partial charge is 0.481 e. The molecule has 46 heavy (non-hydrogen) atoms. The molecule has 248 valence electrons. The van der Waals surface area contributed by atoms with Crippen molar-refractivity contribution in [1.82, 2.24) is 0 Å². The Morgan fingerprint density at radius 3 is 2.13 bits per heavy atom. The molecule has 2 aromatic carbocycles. The summed E-state index contributed by atoms with van der Waals surface area (Å²) in [4.78, 5) is 44.0. The Balaban J connectivity index is 1.70. The van der Waals surface area contributed by atoms with Crippen LogP contribution in [0.3, 0.4) is 0 Å². The van der Waals surface area contributed by atoms with Gasteiger partial charge in [0, 0.05) is 60.3 Å². The smallest absolute Gasteiger partial charge is 0.356 e. The molecule has 0 aromatic heterocycles. The van der Waals surface area contributed by atoms with Crippen molar-refractivity contribution in [3.63, 3.8) is 0 Å². The quantitative estimate of drug-likeness (QED) is 0.0948. The van der Waals surface area contributed by atoms with Gasteiger partial charge < -0.3 is 24.9 Å². The zero-order chi connectivity index (χ0) is 33.9. The summed E-state index contributed by atoms with van der Waals surface area (Å²) in [5.74, 6) is -1.57. The van der Waals surface area contributed by atoms with Crippen LogP contribution in [0.5, 0.6) is 0 Å². The van der Waals surface area contributed by atoms with Crippen molar-refractivity contribution < 1.29 is 38.7 Å². The van der Waals surface area contributed by atoms with E-state index in [2.05, 4.69) is 80.5 Å². The van der Waals surface area contributed by atoms with Gasteiger partial charge in [-0.3, -0.25) is 14.2 Å². The first kappa shape index (κ1) is 35.3. The zero-order valence-corrected chi connectivity index (χ0v) is 28.5. The number of allylic oxidation sites excluding steroid dienone is 4. The molecule has 0 bridgehead atoms.